The summed E-state index contributed by atoms with van der Waals surface area (Å²) in [5.74, 6) is 0.453. The predicted molar refractivity (Wildman–Crippen MR) is 83.0 cm³/mol. The Kier molecular flexibility index (Phi) is 3.37. The molecular weight excluding hydrogens is 300 g/mol. The van der Waals surface area contributed by atoms with Crippen LogP contribution in [0.5, 0.6) is 0 Å². The molecule has 0 aliphatic carbocycles. The van der Waals surface area contributed by atoms with Gasteiger partial charge in [-0.15, -0.1) is 10.2 Å². The molecule has 2 aromatic rings. The van der Waals surface area contributed by atoms with E-state index in [1.165, 1.54) is 6.42 Å². The first-order valence-corrected chi connectivity index (χ1v) is 8.48. The summed E-state index contributed by atoms with van der Waals surface area (Å²) in [4.78, 5) is 16.8. The highest BCUT2D eigenvalue weighted by molar-refractivity contribution is 7.13. The quantitative estimate of drug-likeness (QED) is 0.850. The predicted octanol–water partition coefficient (Wildman–Crippen LogP) is 2.26. The summed E-state index contributed by atoms with van der Waals surface area (Å²) in [5.41, 5.74) is 1.96. The van der Waals surface area contributed by atoms with Crippen LogP contribution in [0.3, 0.4) is 0 Å². The second kappa shape index (κ2) is 5.39. The molecule has 0 saturated carbocycles. The average Bonchev–Trinajstić information content (AvgIpc) is 3.28. The number of carbonyl (C=O) groups excluding carboxylic acids is 1. The topological polar surface area (TPSA) is 62.5 Å². The van der Waals surface area contributed by atoms with Gasteiger partial charge < -0.3 is 14.2 Å². The van der Waals surface area contributed by atoms with Gasteiger partial charge in [-0.05, 0) is 31.4 Å². The van der Waals surface area contributed by atoms with Gasteiger partial charge in [0.2, 0.25) is 5.13 Å². The highest BCUT2D eigenvalue weighted by atomic mass is 32.1. The van der Waals surface area contributed by atoms with E-state index in [2.05, 4.69) is 15.1 Å². The minimum absolute atomic E-state index is 0.0124. The summed E-state index contributed by atoms with van der Waals surface area (Å²) >= 11 is 1.58. The Morgan fingerprint density at radius 2 is 2.27 bits per heavy atom. The highest BCUT2D eigenvalue weighted by Crippen LogP contribution is 2.41. The molecule has 2 saturated heterocycles. The summed E-state index contributed by atoms with van der Waals surface area (Å²) < 4.78 is 5.26. The van der Waals surface area contributed by atoms with E-state index in [9.17, 15) is 4.79 Å². The minimum atomic E-state index is 0.0124. The van der Waals surface area contributed by atoms with Crippen LogP contribution in [0.25, 0.3) is 0 Å². The van der Waals surface area contributed by atoms with Crippen LogP contribution < -0.4 is 4.90 Å². The van der Waals surface area contributed by atoms with Crippen molar-refractivity contribution < 1.29 is 9.21 Å². The number of amides is 1. The zero-order valence-electron chi connectivity index (χ0n) is 12.3. The Morgan fingerprint density at radius 1 is 1.32 bits per heavy atom. The number of nitrogens with zero attached hydrogens (tertiary/aromatic N) is 4. The van der Waals surface area contributed by atoms with Gasteiger partial charge in [-0.25, -0.2) is 0 Å². The fraction of sp³-hybridized carbons (Fsp3) is 0.533. The Hall–Kier alpha value is -1.89. The smallest absolute Gasteiger partial charge is 0.289 e. The molecule has 6 nitrogen and oxygen atoms in total. The molecule has 2 fully saturated rings. The molecule has 2 aromatic heterocycles. The summed E-state index contributed by atoms with van der Waals surface area (Å²) in [7, 11) is 0. The van der Waals surface area contributed by atoms with Crippen molar-refractivity contribution in [3.05, 3.63) is 29.7 Å². The lowest BCUT2D eigenvalue weighted by atomic mass is 9.79. The van der Waals surface area contributed by atoms with Crippen LogP contribution in [0.2, 0.25) is 0 Å². The molecule has 2 aliphatic rings. The van der Waals surface area contributed by atoms with Crippen LogP contribution >= 0.6 is 11.3 Å². The second-order valence-electron chi connectivity index (χ2n) is 6.20. The first kappa shape index (κ1) is 13.8. The molecular formula is C15H18N4O2S. The molecule has 1 spiro atoms. The molecule has 1 atom stereocenters. The Morgan fingerprint density at radius 3 is 3.05 bits per heavy atom. The van der Waals surface area contributed by atoms with Gasteiger partial charge in [-0.3, -0.25) is 4.79 Å². The molecule has 0 N–H and O–H groups in total. The number of furan rings is 1. The molecule has 4 heterocycles. The molecule has 1 unspecified atom stereocenters. The summed E-state index contributed by atoms with van der Waals surface area (Å²) in [6.07, 6.45) is 4.88. The van der Waals surface area contributed by atoms with Crippen LogP contribution in [0, 0.1) is 5.41 Å². The number of hydrogen-bond acceptors (Lipinski definition) is 6. The number of hydrogen-bond donors (Lipinski definition) is 0. The van der Waals surface area contributed by atoms with E-state index in [-0.39, 0.29) is 11.3 Å². The van der Waals surface area contributed by atoms with Crippen LogP contribution in [-0.2, 0) is 0 Å². The van der Waals surface area contributed by atoms with E-state index in [4.69, 9.17) is 4.42 Å². The normalized spacial score (nSPS) is 25.1. The second-order valence-corrected chi connectivity index (χ2v) is 7.01. The minimum Gasteiger partial charge on any atom is -0.459 e. The van der Waals surface area contributed by atoms with Gasteiger partial charge in [0.1, 0.15) is 5.51 Å². The number of rotatable bonds is 2. The first-order valence-electron chi connectivity index (χ1n) is 7.60. The summed E-state index contributed by atoms with van der Waals surface area (Å²) in [5, 5.41) is 9.09. The molecule has 0 aromatic carbocycles. The molecule has 2 aliphatic heterocycles. The summed E-state index contributed by atoms with van der Waals surface area (Å²) in [6, 6.07) is 3.51. The van der Waals surface area contributed by atoms with E-state index in [0.717, 1.165) is 44.2 Å². The van der Waals surface area contributed by atoms with Gasteiger partial charge >= 0.3 is 0 Å². The van der Waals surface area contributed by atoms with Gasteiger partial charge in [-0.1, -0.05) is 11.3 Å². The Bertz CT molecular complexity index is 643. The molecule has 0 bridgehead atoms. The van der Waals surface area contributed by atoms with Gasteiger partial charge in [0, 0.05) is 31.6 Å². The molecule has 7 heteroatoms. The maximum absolute atomic E-state index is 12.5. The third kappa shape index (κ3) is 2.39. The number of likely N-dealkylation sites (tertiary alicyclic amines) is 1. The van der Waals surface area contributed by atoms with Crippen LogP contribution in [-0.4, -0.2) is 47.2 Å². The fourth-order valence-corrected chi connectivity index (χ4v) is 4.26. The Balaban J connectivity index is 1.48. The molecule has 116 valence electrons. The van der Waals surface area contributed by atoms with Crippen molar-refractivity contribution >= 4 is 22.4 Å². The van der Waals surface area contributed by atoms with Crippen LogP contribution in [0.4, 0.5) is 5.13 Å². The van der Waals surface area contributed by atoms with Crippen molar-refractivity contribution in [3.63, 3.8) is 0 Å². The molecule has 22 heavy (non-hydrogen) atoms. The molecule has 0 radical (unpaired) electrons. The van der Waals surface area contributed by atoms with E-state index >= 15 is 0 Å². The highest BCUT2D eigenvalue weighted by Gasteiger charge is 2.43. The number of aromatic nitrogens is 2. The van der Waals surface area contributed by atoms with Crippen molar-refractivity contribution in [3.8, 4) is 0 Å². The summed E-state index contributed by atoms with van der Waals surface area (Å²) in [6.45, 7) is 3.59. The Labute approximate surface area is 132 Å². The third-order valence-electron chi connectivity index (χ3n) is 4.74. The number of carbonyl (C=O) groups is 1. The van der Waals surface area contributed by atoms with Crippen molar-refractivity contribution in [2.24, 2.45) is 5.41 Å². The lowest BCUT2D eigenvalue weighted by Crippen LogP contribution is -2.47. The number of piperidine rings is 1. The van der Waals surface area contributed by atoms with Crippen molar-refractivity contribution in [1.29, 1.82) is 0 Å². The molecule has 1 amide bonds. The van der Waals surface area contributed by atoms with Crippen molar-refractivity contribution in [2.45, 2.75) is 19.3 Å². The van der Waals surface area contributed by atoms with Gasteiger partial charge in [0.05, 0.1) is 6.26 Å². The van der Waals surface area contributed by atoms with Gasteiger partial charge in [0.15, 0.2) is 5.76 Å². The average molecular weight is 318 g/mol. The standard InChI is InChI=1S/C15H18N4O2S/c20-13(12-3-1-8-21-12)18-6-2-4-15(9-18)5-7-19(10-15)14-17-16-11-22-14/h1,3,8,11H,2,4-7,9-10H2. The first-order chi connectivity index (χ1) is 10.8. The van der Waals surface area contributed by atoms with E-state index in [1.54, 1.807) is 35.2 Å². The fourth-order valence-electron chi connectivity index (χ4n) is 3.67. The zero-order chi connectivity index (χ0) is 15.0. The van der Waals surface area contributed by atoms with E-state index in [0.29, 0.717) is 5.76 Å². The van der Waals surface area contributed by atoms with Gasteiger partial charge in [-0.2, -0.15) is 0 Å². The molecule has 4 rings (SSSR count). The van der Waals surface area contributed by atoms with E-state index < -0.39 is 0 Å². The lowest BCUT2D eigenvalue weighted by molar-refractivity contribution is 0.0526. The monoisotopic (exact) mass is 318 g/mol. The maximum Gasteiger partial charge on any atom is 0.289 e. The van der Waals surface area contributed by atoms with Gasteiger partial charge in [0.25, 0.3) is 5.91 Å². The SMILES string of the molecule is O=C(c1ccco1)N1CCCC2(CCN(c3nncs3)C2)C1. The third-order valence-corrected chi connectivity index (χ3v) is 5.49. The van der Waals surface area contributed by atoms with Crippen molar-refractivity contribution in [2.75, 3.05) is 31.1 Å². The maximum atomic E-state index is 12.5. The number of anilines is 1. The van der Waals surface area contributed by atoms with Crippen LogP contribution in [0.15, 0.2) is 28.3 Å². The van der Waals surface area contributed by atoms with Crippen LogP contribution in [0.1, 0.15) is 29.8 Å². The van der Waals surface area contributed by atoms with E-state index in [1.807, 2.05) is 4.90 Å². The lowest BCUT2D eigenvalue weighted by Gasteiger charge is -2.40. The van der Waals surface area contributed by atoms with Crippen molar-refractivity contribution in [1.82, 2.24) is 15.1 Å². The largest absolute Gasteiger partial charge is 0.459 e. The zero-order valence-corrected chi connectivity index (χ0v) is 13.1.